The Morgan fingerprint density at radius 3 is 0.901 bits per heavy atom. The summed E-state index contributed by atoms with van der Waals surface area (Å²) < 4.78 is 63.0. The summed E-state index contributed by atoms with van der Waals surface area (Å²) in [6.07, 6.45) is 0.502. The average molecular weight is 2200 g/mol. The fourth-order valence-electron chi connectivity index (χ4n) is 13.4. The Bertz CT molecular complexity index is 5110. The third-order valence-corrected chi connectivity index (χ3v) is 21.5. The van der Waals surface area contributed by atoms with Crippen molar-refractivity contribution in [2.45, 2.75) is 135 Å². The number of nitrogens with one attached hydrogen (secondary N) is 6. The molecule has 9 heterocycles. The van der Waals surface area contributed by atoms with E-state index in [-0.39, 0.29) is 263 Å². The van der Waals surface area contributed by atoms with Crippen molar-refractivity contribution in [2.24, 2.45) is 11.8 Å². The molecule has 5 aromatic carbocycles. The molecule has 9 aliphatic heterocycles. The molecule has 8 N–H and O–H groups in total. The summed E-state index contributed by atoms with van der Waals surface area (Å²) in [6, 6.07) is 16.1. The number of nitrogen functional groups attached to an aromatic ring is 1. The van der Waals surface area contributed by atoms with Gasteiger partial charge < -0.3 is 121 Å². The minimum absolute atomic E-state index is 0. The number of halogens is 4. The second-order valence-corrected chi connectivity index (χ2v) is 36.2. The summed E-state index contributed by atoms with van der Waals surface area (Å²) in [6.45, 7) is 38.8. The number of amides is 7. The topological polar surface area (TPSA) is 517 Å². The maximum absolute atomic E-state index is 12.5. The molecule has 0 aliphatic carbocycles. The molecule has 768 valence electrons. The first kappa shape index (κ1) is 127. The number of benzene rings is 5. The van der Waals surface area contributed by atoms with Crippen molar-refractivity contribution in [2.75, 3.05) is 196 Å². The van der Waals surface area contributed by atoms with E-state index in [9.17, 15) is 67.1 Å². The maximum atomic E-state index is 12.5. The van der Waals surface area contributed by atoms with Crippen molar-refractivity contribution in [3.8, 4) is 57.5 Å². The zero-order chi connectivity index (χ0) is 102. The molecule has 42 nitrogen and oxygen atoms in total. The summed E-state index contributed by atoms with van der Waals surface area (Å²) in [5.74, 6) is 4.72. The van der Waals surface area contributed by atoms with Crippen LogP contribution in [0.25, 0.3) is 0 Å². The van der Waals surface area contributed by atoms with E-state index in [1.54, 1.807) is 70.5 Å². The Kier molecular flexibility index (Phi) is 57.2. The summed E-state index contributed by atoms with van der Waals surface area (Å²) in [4.78, 5) is 185. The van der Waals surface area contributed by atoms with Crippen LogP contribution in [0.1, 0.15) is 177 Å². The van der Waals surface area contributed by atoms with Crippen LogP contribution in [0.3, 0.4) is 0 Å². The van der Waals surface area contributed by atoms with E-state index in [0.717, 1.165) is 52.4 Å². The van der Waals surface area contributed by atoms with Gasteiger partial charge in [-0.1, -0.05) is 67.0 Å². The van der Waals surface area contributed by atoms with Crippen molar-refractivity contribution in [1.82, 2.24) is 40.0 Å². The van der Waals surface area contributed by atoms with Gasteiger partial charge in [-0.25, -0.2) is 9.59 Å². The van der Waals surface area contributed by atoms with Crippen LogP contribution in [0.4, 0.5) is 38.0 Å². The number of piperazine rings is 4. The standard InChI is InChI=1S/C20H27N3O6.C20H27N3O5.C15H19N3O4.C11H10BrNO4.C9H18N2O2.C9H9NO3.C5H9ClO.C2H2BrClO.CH2O3.CH4.2K.H/c1-13(24)14-9-16-17(28-12-27-16)10-15(14)21-18(25)11-22-5-7-23(8-6-22)19(26)29-20(2,3)4;1-13(2)8-20(26)23-6-4-22(5-7-23)11-19(25)21-16-10-18-17(27-12-28-18)9-15(16)14(3)24;1-10(19)11-6-13-14(22-9-21-13)7-12(11)17-15(20)8-18-4-2-16-3-5-18;1-6(14)7-2-9-10(17-5-16-9)3-8(7)13-11(15)4-12;1-9(2,3)13-8(12)11-6-4-10-5-7-11;1-5(11)6-2-8-9(3-7(6)10)13-4-12-8;1-4(2)3-5(6)7;3-1-2(4)5;2-1-4-3;;;;/h9-10H,5-8,11-12H2,1-4H3,(H,21,25);9-10,13H,4-8,11-12H2,1-3H3,(H,21,25);6-7,16H,2-5,8-9H2,1H3,(H,17,20);2-3H,4-5H2,1H3,(H,13,15);10H,4-7H2,1-3H3;2-3H,4,10H2,1H3;4H,3H2,1-2H3;1H2;1,3H;1H4;;;/q;;;;;;;;;;2*+1;-1/p-1. The Morgan fingerprint density at radius 2 is 0.652 bits per heavy atom. The molecular formula is C93H127Br2Cl2K2N13O29. The van der Waals surface area contributed by atoms with Crippen LogP contribution >= 0.6 is 55.1 Å². The number of anilines is 5. The SMILES string of the molecule is C.CC(=O)c1cc2c(cc1N)OCO2.CC(=O)c1cc2c(cc1NC(=O)CBr)OCO2.CC(=O)c1cc2c(cc1NC(=O)CN1CCN(C(=O)CC(C)C)CC1)OCO2.CC(=O)c1cc2c(cc1NC(=O)CN1CCN(C(=O)OC(C)(C)C)CC1)OCO2.CC(=O)c1cc2c(cc1NC(=O)CN1CCNCC1)OCO2.CC(C)(C)OC(=O)N1CCNCC1.CC(C)CC(=O)Cl.O=C(Cl)CBr.O=CO[O-].[H-].[K+].[K+]. The van der Waals surface area contributed by atoms with Gasteiger partial charge in [-0.3, -0.25) is 77.0 Å². The molecule has 4 fully saturated rings. The quantitative estimate of drug-likeness (QED) is 0.00736. The summed E-state index contributed by atoms with van der Waals surface area (Å²) in [7, 11) is 0. The number of carbonyl (C=O) groups excluding carboxylic acids is 15. The van der Waals surface area contributed by atoms with Gasteiger partial charge in [-0.15, -0.1) is 0 Å². The summed E-state index contributed by atoms with van der Waals surface area (Å²) in [5, 5.41) is 25.7. The number of alkyl halides is 2. The normalized spacial score (nSPS) is 14.6. The zero-order valence-electron chi connectivity index (χ0n) is 82.9. The number of Topliss-reactive ketones (excluding diaryl/α,β-unsaturated/α-hetero) is 5. The van der Waals surface area contributed by atoms with Crippen molar-refractivity contribution in [3.05, 3.63) is 88.5 Å². The number of hydrogen-bond donors (Lipinski definition) is 7. The van der Waals surface area contributed by atoms with E-state index in [0.29, 0.717) is 197 Å². The second-order valence-electron chi connectivity index (χ2n) is 34.3. The average Bonchev–Trinajstić information content (AvgIpc) is 1.70. The van der Waals surface area contributed by atoms with Crippen LogP contribution in [0.5, 0.6) is 57.5 Å². The van der Waals surface area contributed by atoms with E-state index in [4.69, 9.17) is 95.8 Å². The van der Waals surface area contributed by atoms with Gasteiger partial charge in [0.05, 0.1) is 53.0 Å². The van der Waals surface area contributed by atoms with Crippen LogP contribution in [0, 0.1) is 11.8 Å². The number of rotatable bonds is 22. The van der Waals surface area contributed by atoms with E-state index in [1.807, 2.05) is 83.9 Å². The van der Waals surface area contributed by atoms with Crippen LogP contribution in [0.2, 0.25) is 0 Å². The molecule has 0 atom stereocenters. The number of ether oxygens (including phenoxy) is 12. The molecule has 0 aromatic heterocycles. The predicted molar refractivity (Wildman–Crippen MR) is 522 cm³/mol. The molecule has 14 rings (SSSR count). The molecule has 0 saturated carbocycles. The molecular weight excluding hydrogens is 2070 g/mol. The molecule has 4 saturated heterocycles. The fourth-order valence-corrected chi connectivity index (χ4v) is 13.8. The number of fused-ring (bicyclic) bond motifs is 5. The minimum Gasteiger partial charge on any atom is -1.00 e. The Hall–Kier alpha value is -8.48. The molecule has 141 heavy (non-hydrogen) atoms. The Labute approximate surface area is 933 Å². The van der Waals surface area contributed by atoms with Crippen LogP contribution in [0.15, 0.2) is 60.7 Å². The second kappa shape index (κ2) is 63.7. The van der Waals surface area contributed by atoms with E-state index >= 15 is 0 Å². The van der Waals surface area contributed by atoms with Crippen LogP contribution in [-0.4, -0.2) is 297 Å². The van der Waals surface area contributed by atoms with E-state index in [1.165, 1.54) is 34.6 Å². The molecule has 0 bridgehead atoms. The van der Waals surface area contributed by atoms with Gasteiger partial charge in [0.1, 0.15) is 11.2 Å². The number of hydrogen-bond acceptors (Lipinski definition) is 35. The van der Waals surface area contributed by atoms with Crippen LogP contribution in [-0.2, 0) is 52.7 Å². The van der Waals surface area contributed by atoms with Gasteiger partial charge in [0.2, 0.25) is 74.0 Å². The minimum atomic E-state index is -0.535. The monoisotopic (exact) mass is 2200 g/mol. The Morgan fingerprint density at radius 1 is 0.404 bits per heavy atom. The van der Waals surface area contributed by atoms with Crippen LogP contribution < -0.4 is 193 Å². The fraction of sp³-hybridized carbons (Fsp3) is 0.516. The van der Waals surface area contributed by atoms with E-state index in [2.05, 4.69) is 73.5 Å². The molecule has 7 amide bonds. The third-order valence-electron chi connectivity index (χ3n) is 19.8. The first-order valence-electron chi connectivity index (χ1n) is 43.9. The van der Waals surface area contributed by atoms with Gasteiger partial charge in [0.25, 0.3) is 6.47 Å². The van der Waals surface area contributed by atoms with Crippen molar-refractivity contribution >= 4 is 171 Å². The van der Waals surface area contributed by atoms with Crippen molar-refractivity contribution in [3.63, 3.8) is 0 Å². The largest absolute Gasteiger partial charge is 1.00 e. The van der Waals surface area contributed by atoms with Gasteiger partial charge in [-0.2, -0.15) is 0 Å². The van der Waals surface area contributed by atoms with E-state index < -0.39 is 5.60 Å². The van der Waals surface area contributed by atoms with Crippen molar-refractivity contribution in [1.29, 1.82) is 0 Å². The maximum Gasteiger partial charge on any atom is 1.00 e. The molecule has 5 aromatic rings. The smallest absolute Gasteiger partial charge is 1.00 e. The Balaban J connectivity index is 0.000000565. The molecule has 0 unspecified atom stereocenters. The van der Waals surface area contributed by atoms with Gasteiger partial charge in [0.15, 0.2) is 86.4 Å². The zero-order valence-corrected chi connectivity index (χ0v) is 92.8. The molecule has 48 heteroatoms. The number of nitrogens with two attached hydrogens (primary N) is 1. The number of nitrogens with zero attached hydrogens (tertiary/aromatic N) is 6. The molecule has 0 spiro atoms. The molecule has 9 aliphatic rings. The van der Waals surface area contributed by atoms with Gasteiger partial charge in [-0.05, 0) is 142 Å². The first-order valence-corrected chi connectivity index (χ1v) is 46.9. The van der Waals surface area contributed by atoms with Gasteiger partial charge >= 0.3 is 115 Å². The summed E-state index contributed by atoms with van der Waals surface area (Å²) in [5.41, 5.74) is 8.95. The summed E-state index contributed by atoms with van der Waals surface area (Å²) >= 11 is 15.7. The third kappa shape index (κ3) is 45.4. The first-order chi connectivity index (χ1) is 65.2. The number of carbonyl (C=O) groups is 15. The molecule has 0 radical (unpaired) electrons. The number of ketones is 5. The van der Waals surface area contributed by atoms with Crippen molar-refractivity contribution < 1.29 is 243 Å². The predicted octanol–water partition coefficient (Wildman–Crippen LogP) is 4.43. The van der Waals surface area contributed by atoms with Gasteiger partial charge in [0, 0.05) is 181 Å².